The number of nitrogens with one attached hydrogen (secondary N) is 1. The normalized spacial score (nSPS) is 10.5. The van der Waals surface area contributed by atoms with Crippen molar-refractivity contribution in [2.24, 2.45) is 5.10 Å². The van der Waals surface area contributed by atoms with E-state index in [-0.39, 0.29) is 22.8 Å². The molecule has 0 amide bonds. The van der Waals surface area contributed by atoms with Crippen molar-refractivity contribution in [1.29, 1.82) is 0 Å². The highest BCUT2D eigenvalue weighted by Gasteiger charge is 2.04. The van der Waals surface area contributed by atoms with Crippen molar-refractivity contribution in [1.82, 2.24) is 4.98 Å². The summed E-state index contributed by atoms with van der Waals surface area (Å²) in [6.07, 6.45) is 1.62. The van der Waals surface area contributed by atoms with Gasteiger partial charge in [0.2, 0.25) is 5.13 Å². The third kappa shape index (κ3) is 5.37. The van der Waals surface area contributed by atoms with Crippen LogP contribution in [0.15, 0.2) is 59.0 Å². The highest BCUT2D eigenvalue weighted by molar-refractivity contribution is 7.14. The van der Waals surface area contributed by atoms with Gasteiger partial charge >= 0.3 is 0 Å². The molecular formula is C18H16BrFN3OS-. The molecule has 0 spiro atoms. The van der Waals surface area contributed by atoms with Crippen LogP contribution in [0.2, 0.25) is 0 Å². The molecule has 0 aliphatic heterocycles. The first kappa shape index (κ1) is 19.1. The second-order valence-electron chi connectivity index (χ2n) is 4.92. The summed E-state index contributed by atoms with van der Waals surface area (Å²) < 4.78 is 18.3. The van der Waals surface area contributed by atoms with Crippen molar-refractivity contribution >= 4 is 22.7 Å². The Balaban J connectivity index is 0.00000225. The lowest BCUT2D eigenvalue weighted by Gasteiger charge is -2.03. The number of ether oxygens (including phenoxy) is 1. The molecule has 0 radical (unpaired) electrons. The third-order valence-corrected chi connectivity index (χ3v) is 3.96. The molecule has 7 heteroatoms. The number of anilines is 1. The van der Waals surface area contributed by atoms with Gasteiger partial charge < -0.3 is 21.7 Å². The Bertz CT molecular complexity index is 819. The Labute approximate surface area is 160 Å². The van der Waals surface area contributed by atoms with Gasteiger partial charge in [-0.15, -0.1) is 11.3 Å². The van der Waals surface area contributed by atoms with Crippen LogP contribution in [0.3, 0.4) is 0 Å². The number of benzene rings is 2. The molecule has 2 aromatic carbocycles. The minimum Gasteiger partial charge on any atom is -1.00 e. The van der Waals surface area contributed by atoms with E-state index in [9.17, 15) is 4.39 Å². The first-order valence-corrected chi connectivity index (χ1v) is 8.36. The fraction of sp³-hybridized carbons (Fsp3) is 0.111. The monoisotopic (exact) mass is 420 g/mol. The molecule has 130 valence electrons. The molecule has 3 aromatic rings. The molecule has 1 heterocycles. The summed E-state index contributed by atoms with van der Waals surface area (Å²) in [5.41, 5.74) is 5.60. The van der Waals surface area contributed by atoms with Gasteiger partial charge in [-0.25, -0.2) is 9.37 Å². The molecule has 0 saturated carbocycles. The number of hydrogen-bond donors (Lipinski definition) is 1. The molecule has 0 aliphatic carbocycles. The molecule has 0 unspecified atom stereocenters. The summed E-state index contributed by atoms with van der Waals surface area (Å²) >= 11 is 1.47. The number of halogens is 2. The summed E-state index contributed by atoms with van der Waals surface area (Å²) in [6, 6.07) is 13.9. The standard InChI is InChI=1S/C18H16FN3OS.BrH/c1-2-23-16-9-5-14(6-10-16)17-12-24-18(21-17)22-20-11-13-3-7-15(19)8-4-13;/h3-12H,2H2,1H3,(H,21,22);1H/p-1/b20-11+;. The zero-order valence-electron chi connectivity index (χ0n) is 13.4. The van der Waals surface area contributed by atoms with Crippen molar-refractivity contribution in [3.63, 3.8) is 0 Å². The highest BCUT2D eigenvalue weighted by atomic mass is 79.9. The molecule has 0 saturated heterocycles. The quantitative estimate of drug-likeness (QED) is 0.488. The Morgan fingerprint density at radius 2 is 1.88 bits per heavy atom. The molecule has 0 fully saturated rings. The van der Waals surface area contributed by atoms with Gasteiger partial charge in [-0.1, -0.05) is 12.1 Å². The summed E-state index contributed by atoms with van der Waals surface area (Å²) in [5.74, 6) is 0.582. The predicted molar refractivity (Wildman–Crippen MR) is 96.3 cm³/mol. The van der Waals surface area contributed by atoms with Crippen molar-refractivity contribution in [2.45, 2.75) is 6.92 Å². The zero-order valence-corrected chi connectivity index (χ0v) is 15.8. The maximum atomic E-state index is 12.8. The van der Waals surface area contributed by atoms with E-state index >= 15 is 0 Å². The van der Waals surface area contributed by atoms with Gasteiger partial charge in [0.15, 0.2) is 0 Å². The molecule has 0 bridgehead atoms. The van der Waals surface area contributed by atoms with Gasteiger partial charge in [-0.05, 0) is 48.9 Å². The van der Waals surface area contributed by atoms with Gasteiger partial charge in [-0.3, -0.25) is 5.43 Å². The van der Waals surface area contributed by atoms with E-state index < -0.39 is 0 Å². The van der Waals surface area contributed by atoms with Crippen LogP contribution in [0.5, 0.6) is 5.75 Å². The number of aromatic nitrogens is 1. The fourth-order valence-electron chi connectivity index (χ4n) is 2.06. The van der Waals surface area contributed by atoms with Gasteiger partial charge in [0.1, 0.15) is 11.6 Å². The molecule has 4 nitrogen and oxygen atoms in total. The lowest BCUT2D eigenvalue weighted by Crippen LogP contribution is -3.00. The van der Waals surface area contributed by atoms with E-state index in [1.54, 1.807) is 18.3 Å². The van der Waals surface area contributed by atoms with E-state index in [1.165, 1.54) is 23.5 Å². The SMILES string of the molecule is CCOc1ccc(-c2csc(N/N=C/c3ccc(F)cc3)n2)cc1.[Br-]. The molecule has 25 heavy (non-hydrogen) atoms. The van der Waals surface area contributed by atoms with Gasteiger partial charge in [0.25, 0.3) is 0 Å². The van der Waals surface area contributed by atoms with E-state index in [1.807, 2.05) is 36.6 Å². The summed E-state index contributed by atoms with van der Waals surface area (Å²) in [7, 11) is 0. The minimum absolute atomic E-state index is 0. The first-order chi connectivity index (χ1) is 11.7. The smallest absolute Gasteiger partial charge is 0.203 e. The second kappa shape index (κ2) is 9.29. The summed E-state index contributed by atoms with van der Waals surface area (Å²) in [4.78, 5) is 4.49. The van der Waals surface area contributed by atoms with Crippen molar-refractivity contribution in [2.75, 3.05) is 12.0 Å². The van der Waals surface area contributed by atoms with Crippen LogP contribution in [0.25, 0.3) is 11.3 Å². The first-order valence-electron chi connectivity index (χ1n) is 7.48. The van der Waals surface area contributed by atoms with Gasteiger partial charge in [0.05, 0.1) is 18.5 Å². The van der Waals surface area contributed by atoms with Crippen LogP contribution in [0.4, 0.5) is 9.52 Å². The molecular weight excluding hydrogens is 405 g/mol. The lowest BCUT2D eigenvalue weighted by atomic mass is 10.2. The van der Waals surface area contributed by atoms with Crippen molar-refractivity contribution in [3.8, 4) is 17.0 Å². The van der Waals surface area contributed by atoms with Crippen LogP contribution in [-0.2, 0) is 0 Å². The van der Waals surface area contributed by atoms with Crippen LogP contribution in [-0.4, -0.2) is 17.8 Å². The molecule has 0 atom stereocenters. The van der Waals surface area contributed by atoms with E-state index in [0.717, 1.165) is 22.6 Å². The lowest BCUT2D eigenvalue weighted by molar-refractivity contribution is -0.00000593. The maximum Gasteiger partial charge on any atom is 0.203 e. The number of rotatable bonds is 6. The maximum absolute atomic E-state index is 12.8. The van der Waals surface area contributed by atoms with E-state index in [2.05, 4.69) is 15.5 Å². The van der Waals surface area contributed by atoms with Crippen molar-refractivity contribution < 1.29 is 26.1 Å². The summed E-state index contributed by atoms with van der Waals surface area (Å²) in [5, 5.41) is 6.77. The zero-order chi connectivity index (χ0) is 16.8. The molecule has 1 N–H and O–H groups in total. The second-order valence-corrected chi connectivity index (χ2v) is 5.77. The van der Waals surface area contributed by atoms with Crippen LogP contribution < -0.4 is 27.1 Å². The predicted octanol–water partition coefficient (Wildman–Crippen LogP) is 1.80. The summed E-state index contributed by atoms with van der Waals surface area (Å²) in [6.45, 7) is 2.61. The Morgan fingerprint density at radius 3 is 2.56 bits per heavy atom. The average molecular weight is 421 g/mol. The van der Waals surface area contributed by atoms with Crippen molar-refractivity contribution in [3.05, 3.63) is 65.3 Å². The van der Waals surface area contributed by atoms with Crippen LogP contribution >= 0.6 is 11.3 Å². The van der Waals surface area contributed by atoms with E-state index in [4.69, 9.17) is 4.74 Å². The Kier molecular flexibility index (Phi) is 7.09. The fourth-order valence-corrected chi connectivity index (χ4v) is 2.73. The number of nitrogens with zero attached hydrogens (tertiary/aromatic N) is 2. The topological polar surface area (TPSA) is 46.5 Å². The highest BCUT2D eigenvalue weighted by Crippen LogP contribution is 2.26. The average Bonchev–Trinajstić information content (AvgIpc) is 3.07. The molecule has 1 aromatic heterocycles. The number of thiazole rings is 1. The number of hydrazone groups is 1. The number of hydrogen-bond acceptors (Lipinski definition) is 5. The van der Waals surface area contributed by atoms with Crippen LogP contribution in [0, 0.1) is 5.82 Å². The Hall–Kier alpha value is -2.25. The van der Waals surface area contributed by atoms with Gasteiger partial charge in [-0.2, -0.15) is 5.10 Å². The van der Waals surface area contributed by atoms with Gasteiger partial charge in [0, 0.05) is 10.9 Å². The minimum atomic E-state index is -0.264. The third-order valence-electron chi connectivity index (χ3n) is 3.21. The van der Waals surface area contributed by atoms with E-state index in [0.29, 0.717) is 11.7 Å². The molecule has 0 aliphatic rings. The largest absolute Gasteiger partial charge is 1.00 e. The molecule has 3 rings (SSSR count). The Morgan fingerprint density at radius 1 is 1.16 bits per heavy atom. The van der Waals surface area contributed by atoms with Crippen LogP contribution in [0.1, 0.15) is 12.5 Å².